The van der Waals surface area contributed by atoms with Crippen LogP contribution >= 0.6 is 11.6 Å². The summed E-state index contributed by atoms with van der Waals surface area (Å²) in [5.41, 5.74) is 4.42. The van der Waals surface area contributed by atoms with E-state index in [-0.39, 0.29) is 31.0 Å². The molecule has 3 N–H and O–H groups in total. The number of amides is 1. The topological polar surface area (TPSA) is 74.9 Å². The van der Waals surface area contributed by atoms with Crippen LogP contribution in [0.2, 0.25) is 0 Å². The number of hydrazine groups is 1. The lowest BCUT2D eigenvalue weighted by atomic mass is 10.1. The molecule has 2 aromatic rings. The van der Waals surface area contributed by atoms with Gasteiger partial charge < -0.3 is 25.1 Å². The molecule has 1 aliphatic rings. The Bertz CT molecular complexity index is 1090. The molecule has 0 fully saturated rings. The number of ether oxygens (including phenoxy) is 2. The number of anilines is 1. The standard InChI is InChI=1S/C23H25ClF4N4O3/c1-32-21(18(24)13-30-32)17-11-14(31-22(33)16-5-4-15(34-2)12-19(16)25)3-6-20(17)35-10-9-29-8-7-23(26,27)28/h3-6,11-12,29-30H,7-10,13H2,1-2H3,(H,31,33). The molecule has 1 amide bonds. The van der Waals surface area contributed by atoms with E-state index in [1.807, 2.05) is 0 Å². The number of rotatable bonds is 10. The van der Waals surface area contributed by atoms with Crippen molar-refractivity contribution < 1.29 is 31.8 Å². The maximum absolute atomic E-state index is 14.3. The van der Waals surface area contributed by atoms with Gasteiger partial charge >= 0.3 is 6.18 Å². The summed E-state index contributed by atoms with van der Waals surface area (Å²) in [6.07, 6.45) is -5.15. The minimum atomic E-state index is -4.22. The molecule has 0 aromatic heterocycles. The van der Waals surface area contributed by atoms with Gasteiger partial charge in [0.15, 0.2) is 0 Å². The predicted molar refractivity (Wildman–Crippen MR) is 125 cm³/mol. The molecule has 1 heterocycles. The van der Waals surface area contributed by atoms with E-state index in [0.717, 1.165) is 6.07 Å². The molecule has 0 saturated heterocycles. The molecule has 12 heteroatoms. The molecule has 0 radical (unpaired) electrons. The summed E-state index contributed by atoms with van der Waals surface area (Å²) in [5.74, 6) is -0.684. The van der Waals surface area contributed by atoms with E-state index in [0.29, 0.717) is 34.3 Å². The number of alkyl halides is 3. The summed E-state index contributed by atoms with van der Waals surface area (Å²) in [6.45, 7) is 0.483. The quantitative estimate of drug-likeness (QED) is 0.322. The molecule has 0 saturated carbocycles. The fourth-order valence-corrected chi connectivity index (χ4v) is 3.66. The SMILES string of the molecule is COc1ccc(C(=O)Nc2ccc(OCCNCCC(F)(F)F)c(C3=C(Cl)CNN3C)c2)c(F)c1. The van der Waals surface area contributed by atoms with E-state index in [4.69, 9.17) is 21.1 Å². The monoisotopic (exact) mass is 516 g/mol. The Labute approximate surface area is 205 Å². The van der Waals surface area contributed by atoms with Crippen LogP contribution in [0.1, 0.15) is 22.3 Å². The summed E-state index contributed by atoms with van der Waals surface area (Å²) in [7, 11) is 3.15. The van der Waals surface area contributed by atoms with Crippen molar-refractivity contribution in [2.24, 2.45) is 0 Å². The molecule has 3 rings (SSSR count). The molecule has 190 valence electrons. The first-order valence-corrected chi connectivity index (χ1v) is 11.0. The van der Waals surface area contributed by atoms with E-state index in [9.17, 15) is 22.4 Å². The Morgan fingerprint density at radius 3 is 2.60 bits per heavy atom. The van der Waals surface area contributed by atoms with E-state index >= 15 is 0 Å². The van der Waals surface area contributed by atoms with Crippen molar-refractivity contribution in [3.05, 3.63) is 58.4 Å². The third-order valence-corrected chi connectivity index (χ3v) is 5.41. The first kappa shape index (κ1) is 26.6. The van der Waals surface area contributed by atoms with Crippen molar-refractivity contribution in [1.29, 1.82) is 0 Å². The van der Waals surface area contributed by atoms with Gasteiger partial charge in [0.1, 0.15) is 23.9 Å². The summed E-state index contributed by atoms with van der Waals surface area (Å²) >= 11 is 6.38. The second kappa shape index (κ2) is 11.6. The number of nitrogens with one attached hydrogen (secondary N) is 3. The minimum absolute atomic E-state index is 0.107. The van der Waals surface area contributed by atoms with Crippen LogP contribution < -0.4 is 25.5 Å². The van der Waals surface area contributed by atoms with Gasteiger partial charge in [-0.3, -0.25) is 4.79 Å². The van der Waals surface area contributed by atoms with Crippen molar-refractivity contribution in [2.75, 3.05) is 45.7 Å². The lowest BCUT2D eigenvalue weighted by molar-refractivity contribution is -0.133. The second-order valence-electron chi connectivity index (χ2n) is 7.62. The number of carbonyl (C=O) groups excluding carboxylic acids is 1. The first-order valence-electron chi connectivity index (χ1n) is 10.6. The second-order valence-corrected chi connectivity index (χ2v) is 8.08. The van der Waals surface area contributed by atoms with Gasteiger partial charge in [-0.25, -0.2) is 9.82 Å². The highest BCUT2D eigenvalue weighted by Gasteiger charge is 2.26. The molecule has 0 atom stereocenters. The number of halogens is 5. The lowest BCUT2D eigenvalue weighted by Gasteiger charge is -2.20. The van der Waals surface area contributed by atoms with Crippen LogP contribution in [0.3, 0.4) is 0 Å². The van der Waals surface area contributed by atoms with Gasteiger partial charge in [0.05, 0.1) is 36.4 Å². The highest BCUT2D eigenvalue weighted by Crippen LogP contribution is 2.35. The van der Waals surface area contributed by atoms with Crippen molar-refractivity contribution in [1.82, 2.24) is 15.8 Å². The largest absolute Gasteiger partial charge is 0.497 e. The summed E-state index contributed by atoms with van der Waals surface area (Å²) in [5, 5.41) is 7.54. The van der Waals surface area contributed by atoms with Crippen LogP contribution in [-0.4, -0.2) is 57.5 Å². The third-order valence-electron chi connectivity index (χ3n) is 5.10. The van der Waals surface area contributed by atoms with Gasteiger partial charge in [-0.2, -0.15) is 13.2 Å². The van der Waals surface area contributed by atoms with Gasteiger partial charge in [-0.05, 0) is 30.3 Å². The number of carbonyl (C=O) groups is 1. The Morgan fingerprint density at radius 2 is 1.97 bits per heavy atom. The summed E-state index contributed by atoms with van der Waals surface area (Å²) in [4.78, 5) is 12.7. The van der Waals surface area contributed by atoms with E-state index in [2.05, 4.69) is 16.1 Å². The Kier molecular flexibility index (Phi) is 8.82. The average Bonchev–Trinajstić information content (AvgIpc) is 3.13. The van der Waals surface area contributed by atoms with Crippen LogP contribution in [0.15, 0.2) is 41.4 Å². The molecule has 0 spiro atoms. The highest BCUT2D eigenvalue weighted by molar-refractivity contribution is 6.33. The Balaban J connectivity index is 1.75. The Morgan fingerprint density at radius 1 is 1.20 bits per heavy atom. The molecule has 0 aliphatic carbocycles. The summed E-state index contributed by atoms with van der Waals surface area (Å²) in [6, 6.07) is 8.73. The molecule has 1 aliphatic heterocycles. The van der Waals surface area contributed by atoms with Crippen molar-refractivity contribution in [3.8, 4) is 11.5 Å². The smallest absolute Gasteiger partial charge is 0.390 e. The van der Waals surface area contributed by atoms with Gasteiger partial charge in [-0.15, -0.1) is 0 Å². The molecular formula is C23H25ClF4N4O3. The van der Waals surface area contributed by atoms with Gasteiger partial charge in [-0.1, -0.05) is 11.6 Å². The molecule has 2 aromatic carbocycles. The van der Waals surface area contributed by atoms with Crippen LogP contribution in [0, 0.1) is 5.82 Å². The minimum Gasteiger partial charge on any atom is -0.497 e. The number of methoxy groups -OCH3 is 1. The number of hydrogen-bond acceptors (Lipinski definition) is 6. The van der Waals surface area contributed by atoms with Crippen molar-refractivity contribution in [3.63, 3.8) is 0 Å². The zero-order valence-electron chi connectivity index (χ0n) is 19.1. The Hall–Kier alpha value is -3.02. The maximum Gasteiger partial charge on any atom is 0.390 e. The van der Waals surface area contributed by atoms with Crippen LogP contribution in [0.25, 0.3) is 5.70 Å². The molecular weight excluding hydrogens is 492 g/mol. The number of benzene rings is 2. The normalized spacial score (nSPS) is 13.9. The van der Waals surface area contributed by atoms with Crippen molar-refractivity contribution in [2.45, 2.75) is 12.6 Å². The molecule has 0 unspecified atom stereocenters. The zero-order valence-corrected chi connectivity index (χ0v) is 19.8. The van der Waals surface area contributed by atoms with E-state index < -0.39 is 24.3 Å². The highest BCUT2D eigenvalue weighted by atomic mass is 35.5. The number of hydrogen-bond donors (Lipinski definition) is 3. The lowest BCUT2D eigenvalue weighted by Crippen LogP contribution is -2.27. The summed E-state index contributed by atoms with van der Waals surface area (Å²) < 4.78 is 61.8. The third kappa shape index (κ3) is 7.23. The number of nitrogens with zero attached hydrogens (tertiary/aromatic N) is 1. The van der Waals surface area contributed by atoms with Crippen molar-refractivity contribution >= 4 is 28.9 Å². The first-order chi connectivity index (χ1) is 16.6. The maximum atomic E-state index is 14.3. The average molecular weight is 517 g/mol. The van der Waals surface area contributed by atoms with Gasteiger partial charge in [0.2, 0.25) is 0 Å². The van der Waals surface area contributed by atoms with E-state index in [1.54, 1.807) is 30.3 Å². The van der Waals surface area contributed by atoms with Crippen LogP contribution in [-0.2, 0) is 0 Å². The van der Waals surface area contributed by atoms with Crippen LogP contribution in [0.5, 0.6) is 11.5 Å². The van der Waals surface area contributed by atoms with Gasteiger partial charge in [0.25, 0.3) is 5.91 Å². The van der Waals surface area contributed by atoms with Gasteiger partial charge in [0, 0.05) is 37.5 Å². The van der Waals surface area contributed by atoms with E-state index in [1.165, 1.54) is 19.2 Å². The predicted octanol–water partition coefficient (Wildman–Crippen LogP) is 4.36. The molecule has 0 bridgehead atoms. The molecule has 35 heavy (non-hydrogen) atoms. The zero-order chi connectivity index (χ0) is 25.6. The fraction of sp³-hybridized carbons (Fsp3) is 0.348. The molecule has 7 nitrogen and oxygen atoms in total. The van der Waals surface area contributed by atoms with Crippen LogP contribution in [0.4, 0.5) is 23.2 Å². The fourth-order valence-electron chi connectivity index (χ4n) is 3.37.